The number of aliphatic hydroxyl groups is 1. The molecule has 21 heavy (non-hydrogen) atoms. The standard InChI is InChI=1S/C17H24N2O2/c1-11-6-5-7-13-12(9-19-16(11)13)8-15(21)18-10-14(20)17(2,3)4/h5-7,9,14,19-20H,8,10H2,1-4H3,(H,18,21). The molecule has 0 aliphatic rings. The van der Waals surface area contributed by atoms with Gasteiger partial charge in [-0.2, -0.15) is 0 Å². The van der Waals surface area contributed by atoms with E-state index in [1.165, 1.54) is 5.56 Å². The number of amides is 1. The van der Waals surface area contributed by atoms with Gasteiger partial charge >= 0.3 is 0 Å². The van der Waals surface area contributed by atoms with Crippen LogP contribution >= 0.6 is 0 Å². The molecular formula is C17H24N2O2. The number of aliphatic hydroxyl groups excluding tert-OH is 1. The number of nitrogens with one attached hydrogen (secondary N) is 2. The van der Waals surface area contributed by atoms with E-state index in [1.54, 1.807) is 0 Å². The van der Waals surface area contributed by atoms with Crippen LogP contribution in [0.2, 0.25) is 0 Å². The van der Waals surface area contributed by atoms with Crippen LogP contribution in [0.15, 0.2) is 24.4 Å². The van der Waals surface area contributed by atoms with Gasteiger partial charge in [-0.15, -0.1) is 0 Å². The Kier molecular flexibility index (Phi) is 4.37. The predicted octanol–water partition coefficient (Wildman–Crippen LogP) is 2.54. The Balaban J connectivity index is 2.01. The number of para-hydroxylation sites is 1. The minimum atomic E-state index is -0.549. The van der Waals surface area contributed by atoms with Crippen LogP contribution in [-0.4, -0.2) is 28.6 Å². The van der Waals surface area contributed by atoms with Crippen molar-refractivity contribution in [2.24, 2.45) is 5.41 Å². The van der Waals surface area contributed by atoms with E-state index >= 15 is 0 Å². The van der Waals surface area contributed by atoms with Crippen LogP contribution in [0.4, 0.5) is 0 Å². The first kappa shape index (κ1) is 15.6. The average Bonchev–Trinajstić information content (AvgIpc) is 2.79. The number of aromatic nitrogens is 1. The molecular weight excluding hydrogens is 264 g/mol. The van der Waals surface area contributed by atoms with E-state index in [1.807, 2.05) is 52.1 Å². The number of carbonyl (C=O) groups excluding carboxylic acids is 1. The van der Waals surface area contributed by atoms with Crippen molar-refractivity contribution in [2.45, 2.75) is 40.2 Å². The number of fused-ring (bicyclic) bond motifs is 1. The summed E-state index contributed by atoms with van der Waals surface area (Å²) in [5, 5.41) is 13.8. The second-order valence-electron chi connectivity index (χ2n) is 6.67. The number of hydrogen-bond donors (Lipinski definition) is 3. The van der Waals surface area contributed by atoms with Crippen molar-refractivity contribution in [3.63, 3.8) is 0 Å². The number of aromatic amines is 1. The van der Waals surface area contributed by atoms with Gasteiger partial charge in [0.1, 0.15) is 0 Å². The van der Waals surface area contributed by atoms with Crippen molar-refractivity contribution in [2.75, 3.05) is 6.54 Å². The van der Waals surface area contributed by atoms with E-state index in [2.05, 4.69) is 10.3 Å². The second-order valence-corrected chi connectivity index (χ2v) is 6.67. The highest BCUT2D eigenvalue weighted by Crippen LogP contribution is 2.22. The van der Waals surface area contributed by atoms with Crippen molar-refractivity contribution in [3.8, 4) is 0 Å². The Hall–Kier alpha value is -1.81. The maximum atomic E-state index is 12.0. The van der Waals surface area contributed by atoms with Gasteiger partial charge in [0.2, 0.25) is 5.91 Å². The van der Waals surface area contributed by atoms with Crippen LogP contribution < -0.4 is 5.32 Å². The minimum Gasteiger partial charge on any atom is -0.391 e. The summed E-state index contributed by atoms with van der Waals surface area (Å²) in [4.78, 5) is 15.3. The fraction of sp³-hybridized carbons (Fsp3) is 0.471. The summed E-state index contributed by atoms with van der Waals surface area (Å²) in [5.41, 5.74) is 3.00. The molecule has 0 bridgehead atoms. The van der Waals surface area contributed by atoms with Crippen molar-refractivity contribution in [1.29, 1.82) is 0 Å². The highest BCUT2D eigenvalue weighted by Gasteiger charge is 2.22. The third-order valence-corrected chi connectivity index (χ3v) is 3.85. The lowest BCUT2D eigenvalue weighted by molar-refractivity contribution is -0.121. The smallest absolute Gasteiger partial charge is 0.224 e. The summed E-state index contributed by atoms with van der Waals surface area (Å²) in [6, 6.07) is 6.06. The Labute approximate surface area is 125 Å². The molecule has 0 aliphatic carbocycles. The molecule has 1 aromatic heterocycles. The summed E-state index contributed by atoms with van der Waals surface area (Å²) >= 11 is 0. The van der Waals surface area contributed by atoms with Crippen LogP contribution in [0.1, 0.15) is 31.9 Å². The molecule has 1 heterocycles. The van der Waals surface area contributed by atoms with Crippen LogP contribution in [-0.2, 0) is 11.2 Å². The SMILES string of the molecule is Cc1cccc2c(CC(=O)NCC(O)C(C)(C)C)c[nH]c12. The van der Waals surface area contributed by atoms with Crippen LogP contribution in [0.3, 0.4) is 0 Å². The lowest BCUT2D eigenvalue weighted by atomic mass is 9.89. The number of benzene rings is 1. The average molecular weight is 288 g/mol. The molecule has 0 radical (unpaired) electrons. The Bertz CT molecular complexity index is 638. The minimum absolute atomic E-state index is 0.0688. The molecule has 2 aromatic rings. The highest BCUT2D eigenvalue weighted by atomic mass is 16.3. The molecule has 0 saturated heterocycles. The zero-order valence-electron chi connectivity index (χ0n) is 13.2. The van der Waals surface area contributed by atoms with E-state index < -0.39 is 6.10 Å². The maximum Gasteiger partial charge on any atom is 0.224 e. The van der Waals surface area contributed by atoms with E-state index in [-0.39, 0.29) is 17.9 Å². The molecule has 4 nitrogen and oxygen atoms in total. The fourth-order valence-electron chi connectivity index (χ4n) is 2.26. The Morgan fingerprint density at radius 3 is 2.76 bits per heavy atom. The lowest BCUT2D eigenvalue weighted by Gasteiger charge is -2.25. The van der Waals surface area contributed by atoms with Crippen molar-refractivity contribution < 1.29 is 9.90 Å². The van der Waals surface area contributed by atoms with Crippen LogP contribution in [0, 0.1) is 12.3 Å². The molecule has 0 saturated carbocycles. The molecule has 2 rings (SSSR count). The quantitative estimate of drug-likeness (QED) is 0.809. The number of aryl methyl sites for hydroxylation is 1. The van der Waals surface area contributed by atoms with Gasteiger partial charge in [-0.25, -0.2) is 0 Å². The van der Waals surface area contributed by atoms with E-state index in [4.69, 9.17) is 0 Å². The first-order valence-corrected chi connectivity index (χ1v) is 7.29. The molecule has 0 fully saturated rings. The summed E-state index contributed by atoms with van der Waals surface area (Å²) < 4.78 is 0. The number of H-pyrrole nitrogens is 1. The maximum absolute atomic E-state index is 12.0. The topological polar surface area (TPSA) is 65.1 Å². The monoisotopic (exact) mass is 288 g/mol. The molecule has 0 aliphatic heterocycles. The predicted molar refractivity (Wildman–Crippen MR) is 85.2 cm³/mol. The summed E-state index contributed by atoms with van der Waals surface area (Å²) in [7, 11) is 0. The summed E-state index contributed by atoms with van der Waals surface area (Å²) in [6.45, 7) is 8.18. The largest absolute Gasteiger partial charge is 0.391 e. The van der Waals surface area contributed by atoms with Crippen LogP contribution in [0.25, 0.3) is 10.9 Å². The van der Waals surface area contributed by atoms with Crippen molar-refractivity contribution >= 4 is 16.8 Å². The first-order chi connectivity index (χ1) is 9.79. The molecule has 1 aromatic carbocycles. The second kappa shape index (κ2) is 5.90. The molecule has 4 heteroatoms. The third-order valence-electron chi connectivity index (χ3n) is 3.85. The normalized spacial score (nSPS) is 13.4. The van der Waals surface area contributed by atoms with Gasteiger partial charge in [0.05, 0.1) is 12.5 Å². The summed E-state index contributed by atoms with van der Waals surface area (Å²) in [6.07, 6.45) is 1.66. The van der Waals surface area contributed by atoms with Crippen molar-refractivity contribution in [3.05, 3.63) is 35.5 Å². The number of carbonyl (C=O) groups is 1. The summed E-state index contributed by atoms with van der Waals surface area (Å²) in [5.74, 6) is -0.0688. The van der Waals surface area contributed by atoms with Gasteiger partial charge in [0, 0.05) is 23.6 Å². The zero-order chi connectivity index (χ0) is 15.6. The fourth-order valence-corrected chi connectivity index (χ4v) is 2.26. The lowest BCUT2D eigenvalue weighted by Crippen LogP contribution is -2.39. The van der Waals surface area contributed by atoms with Gasteiger partial charge in [-0.3, -0.25) is 4.79 Å². The molecule has 114 valence electrons. The molecule has 1 unspecified atom stereocenters. The van der Waals surface area contributed by atoms with Gasteiger partial charge in [-0.05, 0) is 23.5 Å². The molecule has 1 amide bonds. The van der Waals surface area contributed by atoms with E-state index in [9.17, 15) is 9.90 Å². The molecule has 0 spiro atoms. The van der Waals surface area contributed by atoms with Gasteiger partial charge < -0.3 is 15.4 Å². The van der Waals surface area contributed by atoms with Crippen LogP contribution in [0.5, 0.6) is 0 Å². The van der Waals surface area contributed by atoms with Gasteiger partial charge in [0.25, 0.3) is 0 Å². The number of rotatable bonds is 4. The molecule has 1 atom stereocenters. The van der Waals surface area contributed by atoms with E-state index in [0.717, 1.165) is 16.5 Å². The number of hydrogen-bond acceptors (Lipinski definition) is 2. The van der Waals surface area contributed by atoms with Gasteiger partial charge in [-0.1, -0.05) is 39.0 Å². The Morgan fingerprint density at radius 2 is 2.10 bits per heavy atom. The third kappa shape index (κ3) is 3.64. The highest BCUT2D eigenvalue weighted by molar-refractivity contribution is 5.90. The zero-order valence-corrected chi connectivity index (χ0v) is 13.2. The first-order valence-electron chi connectivity index (χ1n) is 7.29. The molecule has 3 N–H and O–H groups in total. The van der Waals surface area contributed by atoms with E-state index in [0.29, 0.717) is 6.42 Å². The van der Waals surface area contributed by atoms with Gasteiger partial charge in [0.15, 0.2) is 0 Å². The van der Waals surface area contributed by atoms with Crippen molar-refractivity contribution in [1.82, 2.24) is 10.3 Å². The Morgan fingerprint density at radius 1 is 1.38 bits per heavy atom.